The molecule has 2 aromatic carbocycles. The van der Waals surface area contributed by atoms with Crippen LogP contribution in [0.2, 0.25) is 0 Å². The number of carbonyl (C=O) groups excluding carboxylic acids is 3. The van der Waals surface area contributed by atoms with Crippen LogP contribution in [0.1, 0.15) is 38.7 Å². The summed E-state index contributed by atoms with van der Waals surface area (Å²) in [5.74, 6) is -4.18. The number of aryl methyl sites for hydroxylation is 1. The van der Waals surface area contributed by atoms with Crippen LogP contribution >= 0.6 is 0 Å². The zero-order valence-corrected chi connectivity index (χ0v) is 24.3. The minimum absolute atomic E-state index is 0.0918. The van der Waals surface area contributed by atoms with E-state index in [-0.39, 0.29) is 18.1 Å². The van der Waals surface area contributed by atoms with Gasteiger partial charge in [0.25, 0.3) is 17.7 Å². The molecule has 0 aliphatic carbocycles. The first-order valence-corrected chi connectivity index (χ1v) is 15.5. The number of carbonyl (C=O) groups is 3. The second kappa shape index (κ2) is 13.8. The Labute approximate surface area is 253 Å². The molecule has 1 N–H and O–H groups in total. The molecule has 0 bridgehead atoms. The lowest BCUT2D eigenvalue weighted by atomic mass is 10.1. The number of aromatic nitrogens is 4. The Morgan fingerprint density at radius 1 is 0.864 bits per heavy atom. The number of oxazole rings is 1. The van der Waals surface area contributed by atoms with E-state index in [9.17, 15) is 22.8 Å². The van der Waals surface area contributed by atoms with E-state index in [1.54, 1.807) is 36.4 Å². The predicted octanol–water partition coefficient (Wildman–Crippen LogP) is 3.03. The number of pyridine rings is 1. The number of imide groups is 1. The molecule has 0 radical (unpaired) electrons. The summed E-state index contributed by atoms with van der Waals surface area (Å²) in [6, 6.07) is 17.8. The van der Waals surface area contributed by atoms with Crippen molar-refractivity contribution in [2.75, 3.05) is 12.3 Å². The fourth-order valence-electron chi connectivity index (χ4n) is 4.54. The Balaban J connectivity index is 1.45. The van der Waals surface area contributed by atoms with E-state index in [0.29, 0.717) is 29.5 Å². The fourth-order valence-corrected chi connectivity index (χ4v) is 6.07. The zero-order chi connectivity index (χ0) is 30.9. The van der Waals surface area contributed by atoms with Crippen LogP contribution in [-0.4, -0.2) is 69.3 Å². The van der Waals surface area contributed by atoms with Crippen LogP contribution in [0, 0.1) is 0 Å². The molecule has 3 aromatic heterocycles. The molecule has 0 aliphatic rings. The number of sulfone groups is 1. The highest BCUT2D eigenvalue weighted by Crippen LogP contribution is 2.18. The maximum absolute atomic E-state index is 14.1. The molecule has 0 spiro atoms. The van der Waals surface area contributed by atoms with Gasteiger partial charge in [0.1, 0.15) is 17.3 Å². The topological polar surface area (TPSA) is 165 Å². The maximum atomic E-state index is 14.1. The van der Waals surface area contributed by atoms with Gasteiger partial charge in [-0.2, -0.15) is 0 Å². The van der Waals surface area contributed by atoms with E-state index < -0.39 is 45.1 Å². The van der Waals surface area contributed by atoms with Crippen molar-refractivity contribution in [2.24, 2.45) is 0 Å². The van der Waals surface area contributed by atoms with E-state index in [0.717, 1.165) is 10.5 Å². The van der Waals surface area contributed by atoms with Crippen molar-refractivity contribution in [3.63, 3.8) is 0 Å². The first-order chi connectivity index (χ1) is 21.3. The van der Waals surface area contributed by atoms with Gasteiger partial charge in [0.05, 0.1) is 17.7 Å². The van der Waals surface area contributed by atoms with Gasteiger partial charge in [-0.15, -0.1) is 0 Å². The Kier molecular flexibility index (Phi) is 9.45. The SMILES string of the molecule is O=C(NC(CS(=O)(=O)Cc1cccnc1)C(=O)N(CCCc1ccccc1)C(=O)c1nc2ccccc2o1)c1cnccn1. The fraction of sp³-hybridized carbons (Fsp3) is 0.194. The average Bonchev–Trinajstić information content (AvgIpc) is 3.48. The first-order valence-electron chi connectivity index (χ1n) is 13.7. The molecule has 3 heterocycles. The Morgan fingerprint density at radius 3 is 2.34 bits per heavy atom. The molecule has 0 saturated carbocycles. The summed E-state index contributed by atoms with van der Waals surface area (Å²) >= 11 is 0. The van der Waals surface area contributed by atoms with Crippen LogP contribution in [0.3, 0.4) is 0 Å². The molecule has 0 saturated heterocycles. The summed E-state index contributed by atoms with van der Waals surface area (Å²) in [6.45, 7) is -0.0918. The van der Waals surface area contributed by atoms with E-state index in [4.69, 9.17) is 4.42 Å². The van der Waals surface area contributed by atoms with E-state index in [1.807, 2.05) is 30.3 Å². The van der Waals surface area contributed by atoms with Crippen LogP contribution in [-0.2, 0) is 26.8 Å². The van der Waals surface area contributed by atoms with Gasteiger partial charge in [0.2, 0.25) is 0 Å². The third kappa shape index (κ3) is 7.75. The molecule has 12 nitrogen and oxygen atoms in total. The van der Waals surface area contributed by atoms with Gasteiger partial charge in [-0.1, -0.05) is 48.5 Å². The number of rotatable bonds is 12. The van der Waals surface area contributed by atoms with Crippen molar-refractivity contribution in [2.45, 2.75) is 24.6 Å². The molecular formula is C31H28N6O6S. The third-order valence-corrected chi connectivity index (χ3v) is 8.22. The van der Waals surface area contributed by atoms with Crippen molar-refractivity contribution >= 4 is 38.7 Å². The molecule has 44 heavy (non-hydrogen) atoms. The average molecular weight is 613 g/mol. The number of para-hydroxylation sites is 2. The Morgan fingerprint density at radius 2 is 1.61 bits per heavy atom. The quantitative estimate of drug-likeness (QED) is 0.221. The molecular weight excluding hydrogens is 584 g/mol. The minimum Gasteiger partial charge on any atom is -0.432 e. The van der Waals surface area contributed by atoms with E-state index >= 15 is 0 Å². The summed E-state index contributed by atoms with van der Waals surface area (Å²) in [7, 11) is -4.00. The molecule has 1 atom stereocenters. The van der Waals surface area contributed by atoms with Gasteiger partial charge in [0, 0.05) is 31.3 Å². The number of hydrogen-bond acceptors (Lipinski definition) is 10. The maximum Gasteiger partial charge on any atom is 0.316 e. The van der Waals surface area contributed by atoms with Crippen molar-refractivity contribution in [3.8, 4) is 0 Å². The molecule has 1 unspecified atom stereocenters. The van der Waals surface area contributed by atoms with Gasteiger partial charge in [-0.3, -0.25) is 29.3 Å². The molecule has 13 heteroatoms. The molecule has 3 amide bonds. The predicted molar refractivity (Wildman–Crippen MR) is 160 cm³/mol. The van der Waals surface area contributed by atoms with Crippen molar-refractivity contribution in [1.82, 2.24) is 30.2 Å². The second-order valence-corrected chi connectivity index (χ2v) is 12.0. The lowest BCUT2D eigenvalue weighted by molar-refractivity contribution is -0.130. The normalized spacial score (nSPS) is 12.0. The highest BCUT2D eigenvalue weighted by molar-refractivity contribution is 7.90. The number of hydrogen-bond donors (Lipinski definition) is 1. The molecule has 0 fully saturated rings. The standard InChI is InChI=1S/C31H28N6O6S/c38-28(25-19-33-15-16-34-25)35-26(21-44(41,42)20-23-10-6-14-32-18-23)30(39)37(17-7-11-22-8-2-1-3-9-22)31(40)29-36-24-12-4-5-13-27(24)43-29/h1-6,8-10,12-16,18-19,26H,7,11,17,20-21H2,(H,35,38). The largest absolute Gasteiger partial charge is 0.432 e. The van der Waals surface area contributed by atoms with Crippen LogP contribution in [0.15, 0.2) is 102 Å². The van der Waals surface area contributed by atoms with Crippen LogP contribution in [0.25, 0.3) is 11.1 Å². The monoisotopic (exact) mass is 612 g/mol. The van der Waals surface area contributed by atoms with E-state index in [2.05, 4.69) is 25.3 Å². The van der Waals surface area contributed by atoms with Gasteiger partial charge in [-0.25, -0.2) is 18.4 Å². The Bertz CT molecular complexity index is 1820. The van der Waals surface area contributed by atoms with Crippen LogP contribution in [0.5, 0.6) is 0 Å². The molecule has 224 valence electrons. The highest BCUT2D eigenvalue weighted by Gasteiger charge is 2.36. The molecule has 5 rings (SSSR count). The van der Waals surface area contributed by atoms with Gasteiger partial charge >= 0.3 is 5.91 Å². The third-order valence-electron chi connectivity index (χ3n) is 6.61. The number of nitrogens with one attached hydrogen (secondary N) is 1. The summed E-state index contributed by atoms with van der Waals surface area (Å²) in [5.41, 5.74) is 2.02. The second-order valence-electron chi connectivity index (χ2n) is 9.90. The number of fused-ring (bicyclic) bond motifs is 1. The van der Waals surface area contributed by atoms with Crippen molar-refractivity contribution < 1.29 is 27.2 Å². The summed E-state index contributed by atoms with van der Waals surface area (Å²) in [4.78, 5) is 57.8. The lowest BCUT2D eigenvalue weighted by Gasteiger charge is -2.25. The van der Waals surface area contributed by atoms with Crippen LogP contribution in [0.4, 0.5) is 0 Å². The van der Waals surface area contributed by atoms with Crippen molar-refractivity contribution in [1.29, 1.82) is 0 Å². The smallest absolute Gasteiger partial charge is 0.316 e. The Hall–Kier alpha value is -5.30. The van der Waals surface area contributed by atoms with Gasteiger partial charge < -0.3 is 9.73 Å². The summed E-state index contributed by atoms with van der Waals surface area (Å²) < 4.78 is 32.3. The zero-order valence-electron chi connectivity index (χ0n) is 23.4. The number of benzene rings is 2. The van der Waals surface area contributed by atoms with Crippen molar-refractivity contribution in [3.05, 3.63) is 120 Å². The van der Waals surface area contributed by atoms with Gasteiger partial charge in [-0.05, 0) is 42.2 Å². The number of nitrogens with zero attached hydrogens (tertiary/aromatic N) is 5. The molecule has 0 aliphatic heterocycles. The number of amides is 3. The minimum atomic E-state index is -4.00. The first kappa shape index (κ1) is 30.2. The summed E-state index contributed by atoms with van der Waals surface area (Å²) in [6.07, 6.45) is 7.63. The lowest BCUT2D eigenvalue weighted by Crippen LogP contribution is -2.54. The summed E-state index contributed by atoms with van der Waals surface area (Å²) in [5, 5.41) is 2.47. The van der Waals surface area contributed by atoms with Crippen LogP contribution < -0.4 is 5.32 Å². The van der Waals surface area contributed by atoms with Gasteiger partial charge in [0.15, 0.2) is 15.4 Å². The van der Waals surface area contributed by atoms with E-state index in [1.165, 1.54) is 31.0 Å². The molecule has 5 aromatic rings. The highest BCUT2D eigenvalue weighted by atomic mass is 32.2.